The van der Waals surface area contributed by atoms with Gasteiger partial charge in [-0.3, -0.25) is 9.48 Å². The number of hydrogen-bond acceptors (Lipinski definition) is 3. The molecule has 6 heteroatoms. The van der Waals surface area contributed by atoms with E-state index in [-0.39, 0.29) is 18.6 Å². The van der Waals surface area contributed by atoms with Crippen LogP contribution in [-0.2, 0) is 16.1 Å². The highest BCUT2D eigenvalue weighted by Crippen LogP contribution is 2.13. The number of halogens is 1. The summed E-state index contributed by atoms with van der Waals surface area (Å²) in [6, 6.07) is 0. The van der Waals surface area contributed by atoms with Gasteiger partial charge in [-0.05, 0) is 35.7 Å². The summed E-state index contributed by atoms with van der Waals surface area (Å²) in [5.74, 6) is -0.0319. The van der Waals surface area contributed by atoms with Gasteiger partial charge in [-0.1, -0.05) is 0 Å². The molecule has 0 aliphatic carbocycles. The molecule has 1 unspecified atom stereocenters. The predicted octanol–water partition coefficient (Wildman–Crippen LogP) is 1.25. The van der Waals surface area contributed by atoms with E-state index < -0.39 is 0 Å². The van der Waals surface area contributed by atoms with Gasteiger partial charge in [-0.15, -0.1) is 0 Å². The molecule has 2 rings (SSSR count). The van der Waals surface area contributed by atoms with Crippen molar-refractivity contribution in [2.75, 3.05) is 13.2 Å². The van der Waals surface area contributed by atoms with E-state index >= 15 is 0 Å². The number of ether oxygens (including phenoxy) is 1. The van der Waals surface area contributed by atoms with Gasteiger partial charge in [0.25, 0.3) is 0 Å². The average Bonchev–Trinajstić information content (AvgIpc) is 2.87. The molecule has 0 radical (unpaired) electrons. The smallest absolute Gasteiger partial charge is 0.241 e. The highest BCUT2D eigenvalue weighted by molar-refractivity contribution is 9.10. The van der Waals surface area contributed by atoms with E-state index in [1.54, 1.807) is 10.9 Å². The van der Waals surface area contributed by atoms with Crippen molar-refractivity contribution in [3.8, 4) is 0 Å². The minimum absolute atomic E-state index is 0.0319. The van der Waals surface area contributed by atoms with Gasteiger partial charge >= 0.3 is 0 Å². The van der Waals surface area contributed by atoms with Crippen LogP contribution < -0.4 is 5.32 Å². The van der Waals surface area contributed by atoms with Crippen molar-refractivity contribution >= 4 is 21.8 Å². The molecule has 1 N–H and O–H groups in total. The zero-order valence-corrected chi connectivity index (χ0v) is 11.4. The van der Waals surface area contributed by atoms with E-state index in [0.29, 0.717) is 6.54 Å². The second kappa shape index (κ2) is 5.64. The van der Waals surface area contributed by atoms with E-state index in [1.165, 1.54) is 0 Å². The molecule has 0 bridgehead atoms. The Morgan fingerprint density at radius 2 is 2.59 bits per heavy atom. The Morgan fingerprint density at radius 1 is 1.76 bits per heavy atom. The number of carbonyl (C=O) groups is 1. The minimum atomic E-state index is -0.0319. The molecule has 1 amide bonds. The first-order valence-electron chi connectivity index (χ1n) is 5.73. The summed E-state index contributed by atoms with van der Waals surface area (Å²) in [6.45, 7) is 3.55. The zero-order chi connectivity index (χ0) is 12.3. The Kier molecular flexibility index (Phi) is 4.17. The molecule has 0 saturated carbocycles. The van der Waals surface area contributed by atoms with Crippen molar-refractivity contribution in [3.05, 3.63) is 16.4 Å². The molecular weight excluding hydrogens is 286 g/mol. The topological polar surface area (TPSA) is 56.2 Å². The lowest BCUT2D eigenvalue weighted by Crippen LogP contribution is -2.34. The van der Waals surface area contributed by atoms with Crippen LogP contribution in [0.2, 0.25) is 0 Å². The maximum absolute atomic E-state index is 11.6. The van der Waals surface area contributed by atoms with Gasteiger partial charge < -0.3 is 10.1 Å². The number of carbonyl (C=O) groups excluding carboxylic acids is 1. The highest BCUT2D eigenvalue weighted by Gasteiger charge is 2.16. The average molecular weight is 302 g/mol. The Labute approximate surface area is 109 Å². The Bertz CT molecular complexity index is 380. The second-order valence-electron chi connectivity index (χ2n) is 4.20. The monoisotopic (exact) mass is 301 g/mol. The molecule has 17 heavy (non-hydrogen) atoms. The summed E-state index contributed by atoms with van der Waals surface area (Å²) >= 11 is 3.36. The summed E-state index contributed by atoms with van der Waals surface area (Å²) in [5, 5.41) is 7.07. The molecule has 1 aromatic rings. The number of aromatic nitrogens is 2. The fourth-order valence-electron chi connectivity index (χ4n) is 1.81. The van der Waals surface area contributed by atoms with Gasteiger partial charge in [-0.2, -0.15) is 5.10 Å². The molecule has 1 saturated heterocycles. The van der Waals surface area contributed by atoms with E-state index in [0.717, 1.165) is 29.6 Å². The number of nitrogens with zero attached hydrogens (tertiary/aromatic N) is 2. The maximum Gasteiger partial charge on any atom is 0.241 e. The minimum Gasteiger partial charge on any atom is -0.376 e. The zero-order valence-electron chi connectivity index (χ0n) is 9.78. The third-order valence-corrected chi connectivity index (χ3v) is 3.52. The molecule has 2 heterocycles. The van der Waals surface area contributed by atoms with Crippen LogP contribution in [0.15, 0.2) is 10.7 Å². The van der Waals surface area contributed by atoms with Crippen LogP contribution in [0.25, 0.3) is 0 Å². The van der Waals surface area contributed by atoms with Gasteiger partial charge in [0.1, 0.15) is 6.54 Å². The number of aryl methyl sites for hydroxylation is 1. The number of rotatable bonds is 4. The first-order valence-corrected chi connectivity index (χ1v) is 6.52. The molecule has 94 valence electrons. The molecule has 5 nitrogen and oxygen atoms in total. The van der Waals surface area contributed by atoms with Crippen molar-refractivity contribution in [2.24, 2.45) is 0 Å². The molecule has 0 spiro atoms. The number of hydrogen-bond donors (Lipinski definition) is 1. The normalized spacial score (nSPS) is 19.5. The Balaban J connectivity index is 1.76. The maximum atomic E-state index is 11.6. The van der Waals surface area contributed by atoms with Crippen LogP contribution in [0.4, 0.5) is 0 Å². The lowest BCUT2D eigenvalue weighted by Gasteiger charge is -2.10. The van der Waals surface area contributed by atoms with Crippen LogP contribution in [0.5, 0.6) is 0 Å². The predicted molar refractivity (Wildman–Crippen MR) is 66.6 cm³/mol. The lowest BCUT2D eigenvalue weighted by molar-refractivity contribution is -0.122. The lowest BCUT2D eigenvalue weighted by atomic mass is 10.2. The third kappa shape index (κ3) is 3.54. The molecule has 1 fully saturated rings. The van der Waals surface area contributed by atoms with Gasteiger partial charge in [-0.25, -0.2) is 0 Å². The van der Waals surface area contributed by atoms with Crippen LogP contribution in [-0.4, -0.2) is 34.9 Å². The highest BCUT2D eigenvalue weighted by atomic mass is 79.9. The van der Waals surface area contributed by atoms with E-state index in [4.69, 9.17) is 4.74 Å². The van der Waals surface area contributed by atoms with E-state index in [2.05, 4.69) is 26.3 Å². The summed E-state index contributed by atoms with van der Waals surface area (Å²) < 4.78 is 7.98. The third-order valence-electron chi connectivity index (χ3n) is 2.74. The largest absolute Gasteiger partial charge is 0.376 e. The van der Waals surface area contributed by atoms with E-state index in [1.807, 2.05) is 6.92 Å². The molecule has 0 aromatic carbocycles. The van der Waals surface area contributed by atoms with Crippen LogP contribution in [0, 0.1) is 6.92 Å². The standard InChI is InChI=1S/C11H16BrN3O2/c1-8-10(12)6-15(14-8)7-11(16)13-5-9-3-2-4-17-9/h6,9H,2-5,7H2,1H3,(H,13,16). The van der Waals surface area contributed by atoms with Crippen molar-refractivity contribution < 1.29 is 9.53 Å². The van der Waals surface area contributed by atoms with Crippen LogP contribution in [0.1, 0.15) is 18.5 Å². The molecule has 1 aliphatic heterocycles. The van der Waals surface area contributed by atoms with Gasteiger partial charge in [0.2, 0.25) is 5.91 Å². The number of nitrogens with one attached hydrogen (secondary N) is 1. The SMILES string of the molecule is Cc1nn(CC(=O)NCC2CCCO2)cc1Br. The summed E-state index contributed by atoms with van der Waals surface area (Å²) in [5.41, 5.74) is 0.886. The molecule has 1 aromatic heterocycles. The summed E-state index contributed by atoms with van der Waals surface area (Å²) in [7, 11) is 0. The first-order chi connectivity index (χ1) is 8.15. The van der Waals surface area contributed by atoms with Crippen molar-refractivity contribution in [1.82, 2.24) is 15.1 Å². The summed E-state index contributed by atoms with van der Waals surface area (Å²) in [4.78, 5) is 11.6. The van der Waals surface area contributed by atoms with Crippen molar-refractivity contribution in [2.45, 2.75) is 32.4 Å². The fourth-order valence-corrected chi connectivity index (χ4v) is 2.13. The first kappa shape index (κ1) is 12.6. The Hall–Kier alpha value is -0.880. The van der Waals surface area contributed by atoms with Crippen LogP contribution in [0.3, 0.4) is 0 Å². The van der Waals surface area contributed by atoms with Gasteiger partial charge in [0.15, 0.2) is 0 Å². The second-order valence-corrected chi connectivity index (χ2v) is 5.05. The molecule has 1 atom stereocenters. The quantitative estimate of drug-likeness (QED) is 0.910. The van der Waals surface area contributed by atoms with E-state index in [9.17, 15) is 4.79 Å². The van der Waals surface area contributed by atoms with Gasteiger partial charge in [0, 0.05) is 19.3 Å². The summed E-state index contributed by atoms with van der Waals surface area (Å²) in [6.07, 6.45) is 4.12. The number of amides is 1. The van der Waals surface area contributed by atoms with Crippen LogP contribution >= 0.6 is 15.9 Å². The molecular formula is C11H16BrN3O2. The Morgan fingerprint density at radius 3 is 3.18 bits per heavy atom. The van der Waals surface area contributed by atoms with Gasteiger partial charge in [0.05, 0.1) is 16.3 Å². The fraction of sp³-hybridized carbons (Fsp3) is 0.636. The van der Waals surface area contributed by atoms with Crippen molar-refractivity contribution in [3.63, 3.8) is 0 Å². The van der Waals surface area contributed by atoms with Crippen molar-refractivity contribution in [1.29, 1.82) is 0 Å². The molecule has 1 aliphatic rings.